The fraction of sp³-hybridized carbons (Fsp3) is 0.389. The fourth-order valence-electron chi connectivity index (χ4n) is 2.70. The van der Waals surface area contributed by atoms with Crippen molar-refractivity contribution < 1.29 is 4.39 Å². The molecule has 0 amide bonds. The quantitative estimate of drug-likeness (QED) is 0.390. The van der Waals surface area contributed by atoms with Gasteiger partial charge in [-0.1, -0.05) is 48.8 Å². The molecule has 0 saturated heterocycles. The fourth-order valence-corrected chi connectivity index (χ4v) is 4.36. The zero-order chi connectivity index (χ0) is 20.3. The molecular weight excluding hydrogens is 422 g/mol. The topological polar surface area (TPSA) is 81.7 Å². The maximum absolute atomic E-state index is 13.8. The Hall–Kier alpha value is -1.61. The van der Waals surface area contributed by atoms with Crippen molar-refractivity contribution in [2.24, 2.45) is 5.92 Å². The number of aryl methyl sites for hydroxylation is 1. The van der Waals surface area contributed by atoms with E-state index in [1.807, 2.05) is 4.57 Å². The lowest BCUT2D eigenvalue weighted by molar-refractivity contribution is 0.510. The van der Waals surface area contributed by atoms with E-state index in [4.69, 9.17) is 28.9 Å². The minimum atomic E-state index is -0.869. The first-order chi connectivity index (χ1) is 13.3. The molecule has 0 atom stereocenters. The summed E-state index contributed by atoms with van der Waals surface area (Å²) in [7, 11) is 0. The molecular formula is C18H21Cl2FN6S. The molecule has 0 aliphatic heterocycles. The second kappa shape index (κ2) is 9.26. The second-order valence-corrected chi connectivity index (χ2v) is 8.67. The largest absolute Gasteiger partial charge is 0.382 e. The van der Waals surface area contributed by atoms with Gasteiger partial charge in [0, 0.05) is 21.5 Å². The molecule has 28 heavy (non-hydrogen) atoms. The first-order valence-corrected chi connectivity index (χ1v) is 10.4. The zero-order valence-corrected chi connectivity index (χ0v) is 17.9. The summed E-state index contributed by atoms with van der Waals surface area (Å²) in [6.45, 7) is 6.69. The number of halogens is 3. The van der Waals surface area contributed by atoms with E-state index in [2.05, 4.69) is 34.1 Å². The molecule has 150 valence electrons. The maximum atomic E-state index is 13.8. The van der Waals surface area contributed by atoms with Gasteiger partial charge in [0.1, 0.15) is 0 Å². The summed E-state index contributed by atoms with van der Waals surface area (Å²) in [6, 6.07) is 5.25. The van der Waals surface area contributed by atoms with E-state index in [1.165, 1.54) is 11.8 Å². The summed E-state index contributed by atoms with van der Waals surface area (Å²) in [4.78, 5) is 12.9. The van der Waals surface area contributed by atoms with Crippen LogP contribution in [0.4, 0.5) is 10.2 Å². The van der Waals surface area contributed by atoms with Crippen molar-refractivity contribution in [1.29, 1.82) is 0 Å². The molecule has 3 rings (SSSR count). The van der Waals surface area contributed by atoms with Crippen molar-refractivity contribution >= 4 is 51.9 Å². The molecule has 10 heteroatoms. The van der Waals surface area contributed by atoms with Gasteiger partial charge in [-0.15, -0.1) is 0 Å². The number of benzene rings is 1. The molecule has 0 fully saturated rings. The Morgan fingerprint density at radius 3 is 2.57 bits per heavy atom. The Morgan fingerprint density at radius 2 is 1.89 bits per heavy atom. The number of nitrogens with zero attached hydrogens (tertiary/aromatic N) is 4. The SMILES string of the molecule is CC(C)CNCCCn1c(Sc2cc(Cl)cc(Cl)c2)nc2c(N)nc(F)nc21. The number of nitrogens with two attached hydrogens (primary N) is 1. The van der Waals surface area contributed by atoms with Crippen LogP contribution >= 0.6 is 35.0 Å². The van der Waals surface area contributed by atoms with Crippen molar-refractivity contribution in [2.75, 3.05) is 18.8 Å². The molecule has 0 saturated carbocycles. The van der Waals surface area contributed by atoms with Gasteiger partial charge in [0.25, 0.3) is 0 Å². The second-order valence-electron chi connectivity index (χ2n) is 6.75. The number of nitrogens with one attached hydrogen (secondary N) is 1. The van der Waals surface area contributed by atoms with Crippen LogP contribution in [0.25, 0.3) is 11.2 Å². The molecule has 0 radical (unpaired) electrons. The van der Waals surface area contributed by atoms with Crippen LogP contribution in [0, 0.1) is 12.0 Å². The van der Waals surface area contributed by atoms with E-state index in [9.17, 15) is 4.39 Å². The van der Waals surface area contributed by atoms with E-state index in [0.29, 0.717) is 38.8 Å². The number of imidazole rings is 1. The molecule has 3 N–H and O–H groups in total. The molecule has 1 aromatic carbocycles. The highest BCUT2D eigenvalue weighted by molar-refractivity contribution is 7.99. The lowest BCUT2D eigenvalue weighted by Crippen LogP contribution is -2.21. The van der Waals surface area contributed by atoms with E-state index in [1.54, 1.807) is 18.2 Å². The Bertz CT molecular complexity index is 958. The van der Waals surface area contributed by atoms with Gasteiger partial charge in [0.15, 0.2) is 22.1 Å². The molecule has 3 aromatic rings. The van der Waals surface area contributed by atoms with Crippen molar-refractivity contribution in [1.82, 2.24) is 24.8 Å². The first-order valence-electron chi connectivity index (χ1n) is 8.87. The Morgan fingerprint density at radius 1 is 1.18 bits per heavy atom. The summed E-state index contributed by atoms with van der Waals surface area (Å²) in [6.07, 6.45) is -0.0421. The summed E-state index contributed by atoms with van der Waals surface area (Å²) >= 11 is 13.6. The van der Waals surface area contributed by atoms with Crippen molar-refractivity contribution in [2.45, 2.75) is 36.9 Å². The summed E-state index contributed by atoms with van der Waals surface area (Å²) in [5.41, 5.74) is 6.62. The van der Waals surface area contributed by atoms with E-state index in [0.717, 1.165) is 24.4 Å². The van der Waals surface area contributed by atoms with Crippen LogP contribution < -0.4 is 11.1 Å². The Kier molecular flexibility index (Phi) is 6.98. The van der Waals surface area contributed by atoms with Gasteiger partial charge in [-0.05, 0) is 43.6 Å². The summed E-state index contributed by atoms with van der Waals surface area (Å²) in [5.74, 6) is 0.597. The predicted molar refractivity (Wildman–Crippen MR) is 113 cm³/mol. The first kappa shape index (κ1) is 21.1. The van der Waals surface area contributed by atoms with Crippen LogP contribution in [0.15, 0.2) is 28.3 Å². The standard InChI is InChI=1S/C18H21Cl2FN6S/c1-10(2)9-23-4-3-5-27-16-14(15(22)25-17(21)26-16)24-18(27)28-13-7-11(19)6-12(20)8-13/h6-8,10,23H,3-5,9H2,1-2H3,(H2,22,25,26). The van der Waals surface area contributed by atoms with Crippen molar-refractivity contribution in [3.05, 3.63) is 34.3 Å². The van der Waals surface area contributed by atoms with Crippen LogP contribution in [-0.2, 0) is 6.54 Å². The highest BCUT2D eigenvalue weighted by Gasteiger charge is 2.18. The smallest absolute Gasteiger partial charge is 0.312 e. The number of aromatic nitrogens is 4. The van der Waals surface area contributed by atoms with E-state index < -0.39 is 6.08 Å². The Balaban J connectivity index is 1.90. The normalized spacial score (nSPS) is 11.6. The maximum Gasteiger partial charge on any atom is 0.312 e. The average Bonchev–Trinajstić information content (AvgIpc) is 2.91. The van der Waals surface area contributed by atoms with Crippen molar-refractivity contribution in [3.63, 3.8) is 0 Å². The molecule has 6 nitrogen and oxygen atoms in total. The van der Waals surface area contributed by atoms with Crippen LogP contribution in [-0.4, -0.2) is 32.6 Å². The minimum absolute atomic E-state index is 0.0187. The van der Waals surface area contributed by atoms with Gasteiger partial charge >= 0.3 is 6.08 Å². The molecule has 0 aliphatic rings. The van der Waals surface area contributed by atoms with E-state index in [-0.39, 0.29) is 5.82 Å². The minimum Gasteiger partial charge on any atom is -0.382 e. The number of nitrogen functional groups attached to an aromatic ring is 1. The molecule has 2 aromatic heterocycles. The third kappa shape index (κ3) is 5.26. The van der Waals surface area contributed by atoms with Crippen LogP contribution in [0.2, 0.25) is 10.0 Å². The molecule has 0 spiro atoms. The summed E-state index contributed by atoms with van der Waals surface area (Å²) < 4.78 is 15.6. The Labute approximate surface area is 177 Å². The van der Waals surface area contributed by atoms with Crippen LogP contribution in [0.1, 0.15) is 20.3 Å². The van der Waals surface area contributed by atoms with Crippen LogP contribution in [0.5, 0.6) is 0 Å². The van der Waals surface area contributed by atoms with Crippen LogP contribution in [0.3, 0.4) is 0 Å². The predicted octanol–water partition coefficient (Wildman–Crippen LogP) is 4.64. The highest BCUT2D eigenvalue weighted by atomic mass is 35.5. The van der Waals surface area contributed by atoms with Gasteiger partial charge < -0.3 is 15.6 Å². The third-order valence-electron chi connectivity index (χ3n) is 3.89. The van der Waals surface area contributed by atoms with Gasteiger partial charge in [0.05, 0.1) is 0 Å². The van der Waals surface area contributed by atoms with E-state index >= 15 is 0 Å². The molecule has 2 heterocycles. The lowest BCUT2D eigenvalue weighted by Gasteiger charge is -2.10. The zero-order valence-electron chi connectivity index (χ0n) is 15.5. The number of hydrogen-bond donors (Lipinski definition) is 2. The number of fused-ring (bicyclic) bond motifs is 1. The number of rotatable bonds is 8. The molecule has 0 bridgehead atoms. The van der Waals surface area contributed by atoms with Gasteiger partial charge in [-0.3, -0.25) is 0 Å². The summed E-state index contributed by atoms with van der Waals surface area (Å²) in [5, 5.41) is 5.08. The van der Waals surface area contributed by atoms with Crippen molar-refractivity contribution in [3.8, 4) is 0 Å². The monoisotopic (exact) mass is 442 g/mol. The number of anilines is 1. The lowest BCUT2D eigenvalue weighted by atomic mass is 10.2. The van der Waals surface area contributed by atoms with Gasteiger partial charge in [-0.2, -0.15) is 14.4 Å². The highest BCUT2D eigenvalue weighted by Crippen LogP contribution is 2.34. The average molecular weight is 443 g/mol. The molecule has 0 aliphatic carbocycles. The van der Waals surface area contributed by atoms with Gasteiger partial charge in [0.2, 0.25) is 0 Å². The third-order valence-corrected chi connectivity index (χ3v) is 5.29. The number of hydrogen-bond acceptors (Lipinski definition) is 6. The van der Waals surface area contributed by atoms with Gasteiger partial charge in [-0.25, -0.2) is 4.98 Å². The molecule has 0 unspecified atom stereocenters.